The summed E-state index contributed by atoms with van der Waals surface area (Å²) in [7, 11) is 0. The predicted molar refractivity (Wildman–Crippen MR) is 134 cm³/mol. The van der Waals surface area contributed by atoms with Gasteiger partial charge in [-0.05, 0) is 55.5 Å². The number of anilines is 2. The summed E-state index contributed by atoms with van der Waals surface area (Å²) in [5.74, 6) is -1.03. The molecule has 0 aliphatic heterocycles. The van der Waals surface area contributed by atoms with Gasteiger partial charge in [0.2, 0.25) is 6.41 Å². The highest BCUT2D eigenvalue weighted by Crippen LogP contribution is 2.37. The van der Waals surface area contributed by atoms with E-state index >= 15 is 0 Å². The first kappa shape index (κ1) is 23.0. The largest absolute Gasteiger partial charge is 0.481 e. The van der Waals surface area contributed by atoms with Gasteiger partial charge in [0.05, 0.1) is 17.8 Å². The topological polar surface area (TPSA) is 82.5 Å². The second kappa shape index (κ2) is 9.79. The lowest BCUT2D eigenvalue weighted by atomic mass is 10.1. The minimum absolute atomic E-state index is 0.297. The molecule has 0 fully saturated rings. The lowest BCUT2D eigenvalue weighted by Crippen LogP contribution is -2.42. The van der Waals surface area contributed by atoms with Crippen molar-refractivity contribution in [2.45, 2.75) is 19.5 Å². The summed E-state index contributed by atoms with van der Waals surface area (Å²) in [6.07, 6.45) is -0.493. The summed E-state index contributed by atoms with van der Waals surface area (Å²) in [4.78, 5) is 31.4. The molecule has 4 aromatic rings. The Morgan fingerprint density at radius 3 is 2.33 bits per heavy atom. The van der Waals surface area contributed by atoms with Gasteiger partial charge < -0.3 is 10.4 Å². The highest BCUT2D eigenvalue weighted by Gasteiger charge is 2.24. The Labute approximate surface area is 204 Å². The van der Waals surface area contributed by atoms with E-state index in [1.54, 1.807) is 24.3 Å². The van der Waals surface area contributed by atoms with Crippen molar-refractivity contribution in [3.05, 3.63) is 75.6 Å². The Kier molecular flexibility index (Phi) is 6.83. The first-order valence-corrected chi connectivity index (χ1v) is 11.6. The number of thiophene rings is 1. The standard InChI is InChI=1S/C24H19Cl2N3O3S/c1-14-23(19-10-11-20(27-24(19)33-14)15-2-4-16(25)5-3-15)28-21(12-22(31)32)29(13-30)18-8-6-17(26)7-9-18/h2-11,13,21,28H,12H2,1H3,(H,31,32). The number of aryl methyl sites for hydroxylation is 1. The molecule has 6 nitrogen and oxygen atoms in total. The van der Waals surface area contributed by atoms with Crippen LogP contribution in [0.3, 0.4) is 0 Å². The van der Waals surface area contributed by atoms with E-state index in [2.05, 4.69) is 5.32 Å². The number of carbonyl (C=O) groups is 2. The molecule has 168 valence electrons. The van der Waals surface area contributed by atoms with Crippen LogP contribution in [0.1, 0.15) is 11.3 Å². The number of aliphatic carboxylic acids is 1. The molecule has 0 aliphatic rings. The molecule has 4 rings (SSSR count). The molecular weight excluding hydrogens is 481 g/mol. The van der Waals surface area contributed by atoms with E-state index in [0.717, 1.165) is 32.0 Å². The Hall–Kier alpha value is -3.13. The van der Waals surface area contributed by atoms with Crippen LogP contribution in [-0.4, -0.2) is 28.6 Å². The number of hydrogen-bond donors (Lipinski definition) is 2. The highest BCUT2D eigenvalue weighted by molar-refractivity contribution is 7.19. The van der Waals surface area contributed by atoms with Crippen molar-refractivity contribution in [2.75, 3.05) is 10.2 Å². The quantitative estimate of drug-likeness (QED) is 0.215. The minimum Gasteiger partial charge on any atom is -0.481 e. The van der Waals surface area contributed by atoms with Crippen molar-refractivity contribution >= 4 is 68.5 Å². The minimum atomic E-state index is -1.03. The number of pyridine rings is 1. The van der Waals surface area contributed by atoms with Gasteiger partial charge >= 0.3 is 5.97 Å². The van der Waals surface area contributed by atoms with Gasteiger partial charge in [0.25, 0.3) is 0 Å². The van der Waals surface area contributed by atoms with Gasteiger partial charge in [-0.15, -0.1) is 11.3 Å². The molecule has 0 spiro atoms. The summed E-state index contributed by atoms with van der Waals surface area (Å²) in [6.45, 7) is 1.93. The normalized spacial score (nSPS) is 11.8. The number of carbonyl (C=O) groups excluding carboxylic acids is 1. The van der Waals surface area contributed by atoms with Crippen molar-refractivity contribution in [1.29, 1.82) is 0 Å². The number of aromatic nitrogens is 1. The number of carboxylic acid groups (broad SMARTS) is 1. The number of amides is 1. The van der Waals surface area contributed by atoms with Crippen LogP contribution < -0.4 is 10.2 Å². The van der Waals surface area contributed by atoms with Crippen molar-refractivity contribution < 1.29 is 14.7 Å². The molecule has 2 heterocycles. The fraction of sp³-hybridized carbons (Fsp3) is 0.125. The first-order chi connectivity index (χ1) is 15.9. The number of fused-ring (bicyclic) bond motifs is 1. The van der Waals surface area contributed by atoms with Crippen LogP contribution in [0, 0.1) is 6.92 Å². The third-order valence-corrected chi connectivity index (χ3v) is 6.64. The Morgan fingerprint density at radius 1 is 1.09 bits per heavy atom. The van der Waals surface area contributed by atoms with E-state index in [4.69, 9.17) is 28.2 Å². The van der Waals surface area contributed by atoms with E-state index < -0.39 is 12.1 Å². The number of nitrogens with zero attached hydrogens (tertiary/aromatic N) is 2. The van der Waals surface area contributed by atoms with Gasteiger partial charge in [0, 0.05) is 31.6 Å². The van der Waals surface area contributed by atoms with E-state index in [9.17, 15) is 14.7 Å². The summed E-state index contributed by atoms with van der Waals surface area (Å²) < 4.78 is 0. The molecule has 2 N–H and O–H groups in total. The monoisotopic (exact) mass is 499 g/mol. The van der Waals surface area contributed by atoms with Gasteiger partial charge in [-0.25, -0.2) is 4.98 Å². The Bertz CT molecular complexity index is 1310. The maximum atomic E-state index is 12.0. The van der Waals surface area contributed by atoms with Crippen molar-refractivity contribution in [3.8, 4) is 11.3 Å². The number of nitrogens with one attached hydrogen (secondary N) is 1. The summed E-state index contributed by atoms with van der Waals surface area (Å²) in [6, 6.07) is 18.0. The third kappa shape index (κ3) is 5.11. The van der Waals surface area contributed by atoms with Gasteiger partial charge in [-0.2, -0.15) is 0 Å². The summed E-state index contributed by atoms with van der Waals surface area (Å²) in [5.41, 5.74) is 3.04. The molecule has 2 aromatic heterocycles. The molecule has 0 bridgehead atoms. The van der Waals surface area contributed by atoms with Crippen LogP contribution in [0.15, 0.2) is 60.7 Å². The van der Waals surface area contributed by atoms with Gasteiger partial charge in [0.15, 0.2) is 0 Å². The van der Waals surface area contributed by atoms with Crippen LogP contribution >= 0.6 is 34.5 Å². The average molecular weight is 500 g/mol. The van der Waals surface area contributed by atoms with Crippen LogP contribution in [0.4, 0.5) is 11.4 Å². The average Bonchev–Trinajstić information content (AvgIpc) is 3.10. The summed E-state index contributed by atoms with van der Waals surface area (Å²) in [5, 5.41) is 14.8. The zero-order valence-corrected chi connectivity index (χ0v) is 19.8. The molecule has 2 aromatic carbocycles. The second-order valence-corrected chi connectivity index (χ2v) is 9.41. The lowest BCUT2D eigenvalue weighted by Gasteiger charge is -2.29. The molecule has 33 heavy (non-hydrogen) atoms. The smallest absolute Gasteiger partial charge is 0.307 e. The number of rotatable bonds is 8. The van der Waals surface area contributed by atoms with E-state index in [1.165, 1.54) is 16.2 Å². The Morgan fingerprint density at radius 2 is 1.73 bits per heavy atom. The number of carboxylic acids is 1. The maximum Gasteiger partial charge on any atom is 0.307 e. The second-order valence-electron chi connectivity index (χ2n) is 7.34. The predicted octanol–water partition coefficient (Wildman–Crippen LogP) is 6.45. The van der Waals surface area contributed by atoms with Crippen LogP contribution in [0.5, 0.6) is 0 Å². The fourth-order valence-electron chi connectivity index (χ4n) is 3.53. The van der Waals surface area contributed by atoms with E-state index in [0.29, 0.717) is 22.1 Å². The van der Waals surface area contributed by atoms with Crippen molar-refractivity contribution in [2.24, 2.45) is 0 Å². The molecule has 1 atom stereocenters. The maximum absolute atomic E-state index is 12.0. The molecule has 9 heteroatoms. The Balaban J connectivity index is 1.70. The zero-order chi connectivity index (χ0) is 23.5. The molecule has 0 aliphatic carbocycles. The van der Waals surface area contributed by atoms with Gasteiger partial charge in [-0.1, -0.05) is 35.3 Å². The first-order valence-electron chi connectivity index (χ1n) is 9.99. The van der Waals surface area contributed by atoms with E-state index in [-0.39, 0.29) is 6.42 Å². The fourth-order valence-corrected chi connectivity index (χ4v) is 4.77. The van der Waals surface area contributed by atoms with E-state index in [1.807, 2.05) is 43.3 Å². The highest BCUT2D eigenvalue weighted by atomic mass is 35.5. The van der Waals surface area contributed by atoms with Crippen LogP contribution in [-0.2, 0) is 9.59 Å². The van der Waals surface area contributed by atoms with Gasteiger partial charge in [0.1, 0.15) is 11.0 Å². The van der Waals surface area contributed by atoms with Gasteiger partial charge in [-0.3, -0.25) is 14.5 Å². The number of hydrogen-bond acceptors (Lipinski definition) is 5. The third-order valence-electron chi connectivity index (χ3n) is 5.12. The lowest BCUT2D eigenvalue weighted by molar-refractivity contribution is -0.137. The SMILES string of the molecule is Cc1sc2nc(-c3ccc(Cl)cc3)ccc2c1NC(CC(=O)O)N(C=O)c1ccc(Cl)cc1. The van der Waals surface area contributed by atoms with Crippen molar-refractivity contribution in [1.82, 2.24) is 4.98 Å². The van der Waals surface area contributed by atoms with Crippen molar-refractivity contribution in [3.63, 3.8) is 0 Å². The zero-order valence-electron chi connectivity index (χ0n) is 17.5. The number of benzene rings is 2. The molecule has 0 saturated carbocycles. The molecule has 1 amide bonds. The molecule has 1 unspecified atom stereocenters. The van der Waals surface area contributed by atoms with Crippen LogP contribution in [0.2, 0.25) is 10.0 Å². The van der Waals surface area contributed by atoms with Crippen LogP contribution in [0.25, 0.3) is 21.5 Å². The molecule has 0 saturated heterocycles. The summed E-state index contributed by atoms with van der Waals surface area (Å²) >= 11 is 13.4. The number of halogens is 2. The molecular formula is C24H19Cl2N3O3S. The molecule has 0 radical (unpaired) electrons.